The molecule has 2 heterocycles. The molecule has 5 nitrogen and oxygen atoms in total. The Hall–Kier alpha value is -1.75. The van der Waals surface area contributed by atoms with Gasteiger partial charge in [0.2, 0.25) is 0 Å². The van der Waals surface area contributed by atoms with E-state index in [0.717, 1.165) is 29.4 Å². The Labute approximate surface area is 114 Å². The van der Waals surface area contributed by atoms with Crippen LogP contribution in [0.2, 0.25) is 0 Å². The second-order valence-corrected chi connectivity index (χ2v) is 5.73. The van der Waals surface area contributed by atoms with Crippen LogP contribution in [0.4, 0.5) is 0 Å². The van der Waals surface area contributed by atoms with Crippen molar-refractivity contribution in [1.29, 1.82) is 0 Å². The highest BCUT2D eigenvalue weighted by Crippen LogP contribution is 2.15. The molecule has 0 amide bonds. The largest absolute Gasteiger partial charge is 0.308 e. The van der Waals surface area contributed by atoms with Crippen LogP contribution in [0.5, 0.6) is 0 Å². The number of rotatable bonds is 3. The van der Waals surface area contributed by atoms with Gasteiger partial charge in [-0.1, -0.05) is 0 Å². The zero-order valence-electron chi connectivity index (χ0n) is 12.2. The first kappa shape index (κ1) is 13.7. The van der Waals surface area contributed by atoms with Gasteiger partial charge < -0.3 is 5.32 Å². The zero-order valence-corrected chi connectivity index (χ0v) is 12.2. The van der Waals surface area contributed by atoms with Gasteiger partial charge in [0.15, 0.2) is 0 Å². The molecule has 0 radical (unpaired) electrons. The van der Waals surface area contributed by atoms with Gasteiger partial charge in [-0.05, 0) is 46.2 Å². The minimum Gasteiger partial charge on any atom is -0.308 e. The molecule has 0 aromatic carbocycles. The molecule has 0 bridgehead atoms. The third-order valence-corrected chi connectivity index (χ3v) is 2.80. The van der Waals surface area contributed by atoms with Crippen molar-refractivity contribution < 1.29 is 0 Å². The van der Waals surface area contributed by atoms with Gasteiger partial charge in [0, 0.05) is 18.3 Å². The molecule has 0 aliphatic carbocycles. The molecule has 0 saturated carbocycles. The van der Waals surface area contributed by atoms with Crippen molar-refractivity contribution in [2.45, 2.75) is 46.7 Å². The van der Waals surface area contributed by atoms with Crippen LogP contribution in [0, 0.1) is 13.8 Å². The Balaban J connectivity index is 2.34. The lowest BCUT2D eigenvalue weighted by molar-refractivity contribution is 0.423. The Morgan fingerprint density at radius 2 is 2.00 bits per heavy atom. The highest BCUT2D eigenvalue weighted by atomic mass is 15.3. The first-order valence-electron chi connectivity index (χ1n) is 6.45. The lowest BCUT2D eigenvalue weighted by Crippen LogP contribution is -2.35. The normalized spacial score (nSPS) is 11.8. The molecule has 0 fully saturated rings. The fraction of sp³-hybridized carbons (Fsp3) is 0.500. The third-order valence-electron chi connectivity index (χ3n) is 2.80. The Bertz CT molecular complexity index is 565. The second kappa shape index (κ2) is 5.09. The summed E-state index contributed by atoms with van der Waals surface area (Å²) in [4.78, 5) is 8.54. The molecule has 5 heteroatoms. The summed E-state index contributed by atoms with van der Waals surface area (Å²) >= 11 is 0. The van der Waals surface area contributed by atoms with E-state index in [2.05, 4.69) is 41.2 Å². The van der Waals surface area contributed by atoms with Gasteiger partial charge in [-0.3, -0.25) is 4.98 Å². The van der Waals surface area contributed by atoms with E-state index in [4.69, 9.17) is 0 Å². The van der Waals surface area contributed by atoms with Gasteiger partial charge in [-0.25, -0.2) is 9.67 Å². The average Bonchev–Trinajstić information content (AvgIpc) is 2.65. The minimum absolute atomic E-state index is 0.0772. The first-order valence-corrected chi connectivity index (χ1v) is 6.45. The number of nitrogens with one attached hydrogen (secondary N) is 1. The number of hydrogen-bond donors (Lipinski definition) is 1. The van der Waals surface area contributed by atoms with Crippen molar-refractivity contribution in [2.75, 3.05) is 0 Å². The van der Waals surface area contributed by atoms with Crippen LogP contribution < -0.4 is 5.32 Å². The molecule has 2 aromatic rings. The van der Waals surface area contributed by atoms with E-state index in [1.807, 2.05) is 37.0 Å². The summed E-state index contributed by atoms with van der Waals surface area (Å²) in [5.41, 5.74) is 2.23. The van der Waals surface area contributed by atoms with Crippen molar-refractivity contribution in [3.8, 4) is 5.69 Å². The van der Waals surface area contributed by atoms with Crippen molar-refractivity contribution in [1.82, 2.24) is 25.1 Å². The van der Waals surface area contributed by atoms with Crippen LogP contribution in [-0.4, -0.2) is 25.3 Å². The van der Waals surface area contributed by atoms with E-state index in [0.29, 0.717) is 0 Å². The highest BCUT2D eigenvalue weighted by molar-refractivity contribution is 5.38. The highest BCUT2D eigenvalue weighted by Gasteiger charge is 2.13. The Morgan fingerprint density at radius 1 is 1.26 bits per heavy atom. The number of pyridine rings is 1. The van der Waals surface area contributed by atoms with Gasteiger partial charge >= 0.3 is 0 Å². The van der Waals surface area contributed by atoms with E-state index in [9.17, 15) is 0 Å². The van der Waals surface area contributed by atoms with Gasteiger partial charge in [0.05, 0.1) is 11.9 Å². The maximum Gasteiger partial charge on any atom is 0.148 e. The second-order valence-electron chi connectivity index (χ2n) is 5.73. The van der Waals surface area contributed by atoms with Crippen molar-refractivity contribution in [2.24, 2.45) is 0 Å². The first-order chi connectivity index (χ1) is 8.87. The molecule has 0 aliphatic heterocycles. The topological polar surface area (TPSA) is 55.6 Å². The molecule has 19 heavy (non-hydrogen) atoms. The minimum atomic E-state index is 0.0772. The molecule has 102 valence electrons. The SMILES string of the molecule is Cc1nc(C)n(-c2cnccc2CNC(C)(C)C)n1. The Morgan fingerprint density at radius 3 is 2.58 bits per heavy atom. The fourth-order valence-electron chi connectivity index (χ4n) is 1.86. The van der Waals surface area contributed by atoms with E-state index < -0.39 is 0 Å². The van der Waals surface area contributed by atoms with Crippen LogP contribution in [-0.2, 0) is 6.54 Å². The van der Waals surface area contributed by atoms with Crippen LogP contribution in [0.3, 0.4) is 0 Å². The number of aryl methyl sites for hydroxylation is 2. The van der Waals surface area contributed by atoms with E-state index in [1.54, 1.807) is 0 Å². The zero-order chi connectivity index (χ0) is 14.0. The number of hydrogen-bond acceptors (Lipinski definition) is 4. The average molecular weight is 259 g/mol. The summed E-state index contributed by atoms with van der Waals surface area (Å²) in [7, 11) is 0. The van der Waals surface area contributed by atoms with E-state index in [1.165, 1.54) is 0 Å². The molecular weight excluding hydrogens is 238 g/mol. The van der Waals surface area contributed by atoms with Gasteiger partial charge in [0.1, 0.15) is 11.6 Å². The summed E-state index contributed by atoms with van der Waals surface area (Å²) in [5, 5.41) is 7.91. The third kappa shape index (κ3) is 3.38. The summed E-state index contributed by atoms with van der Waals surface area (Å²) < 4.78 is 1.85. The van der Waals surface area contributed by atoms with Gasteiger partial charge in [-0.2, -0.15) is 5.10 Å². The van der Waals surface area contributed by atoms with Crippen molar-refractivity contribution >= 4 is 0 Å². The molecule has 1 N–H and O–H groups in total. The van der Waals surface area contributed by atoms with Crippen LogP contribution in [0.25, 0.3) is 5.69 Å². The van der Waals surface area contributed by atoms with E-state index in [-0.39, 0.29) is 5.54 Å². The van der Waals surface area contributed by atoms with Crippen molar-refractivity contribution in [3.05, 3.63) is 35.7 Å². The molecule has 2 aromatic heterocycles. The standard InChI is InChI=1S/C14H21N5/c1-10-17-11(2)19(18-10)13-9-15-7-6-12(13)8-16-14(3,4)5/h6-7,9,16H,8H2,1-5H3. The molecule has 0 spiro atoms. The van der Waals surface area contributed by atoms with Crippen LogP contribution in [0.1, 0.15) is 38.0 Å². The van der Waals surface area contributed by atoms with E-state index >= 15 is 0 Å². The summed E-state index contributed by atoms with van der Waals surface area (Å²) in [6, 6.07) is 2.02. The van der Waals surface area contributed by atoms with Crippen LogP contribution >= 0.6 is 0 Å². The predicted molar refractivity (Wildman–Crippen MR) is 75.2 cm³/mol. The summed E-state index contributed by atoms with van der Waals surface area (Å²) in [6.07, 6.45) is 3.64. The quantitative estimate of drug-likeness (QED) is 0.917. The smallest absolute Gasteiger partial charge is 0.148 e. The summed E-state index contributed by atoms with van der Waals surface area (Å²) in [6.45, 7) is 11.1. The molecule has 0 saturated heterocycles. The molecular formula is C14H21N5. The number of aromatic nitrogens is 4. The molecule has 0 atom stereocenters. The molecule has 0 unspecified atom stereocenters. The molecule has 2 rings (SSSR count). The monoisotopic (exact) mass is 259 g/mol. The summed E-state index contributed by atoms with van der Waals surface area (Å²) in [5.74, 6) is 1.65. The molecule has 0 aliphatic rings. The fourth-order valence-corrected chi connectivity index (χ4v) is 1.86. The Kier molecular flexibility index (Phi) is 3.66. The lowest BCUT2D eigenvalue weighted by Gasteiger charge is -2.21. The van der Waals surface area contributed by atoms with Crippen LogP contribution in [0.15, 0.2) is 18.5 Å². The lowest BCUT2D eigenvalue weighted by atomic mass is 10.1. The van der Waals surface area contributed by atoms with Crippen molar-refractivity contribution in [3.63, 3.8) is 0 Å². The number of nitrogens with zero attached hydrogens (tertiary/aromatic N) is 4. The maximum absolute atomic E-state index is 4.42. The van der Waals surface area contributed by atoms with Gasteiger partial charge in [0.25, 0.3) is 0 Å². The van der Waals surface area contributed by atoms with Gasteiger partial charge in [-0.15, -0.1) is 0 Å². The maximum atomic E-state index is 4.42. The predicted octanol–water partition coefficient (Wildman–Crippen LogP) is 2.17.